The number of anilines is 3. The third kappa shape index (κ3) is 5.30. The number of methoxy groups -OCH3 is 1. The maximum Gasteiger partial charge on any atom is 0.255 e. The SMILES string of the molecule is COc1cc(C(=O)Nc2ccc(Cl)cc2)ccc1Nc1ncc(Cl)c(-c2cnn(C(C)C)c2)n1. The summed E-state index contributed by atoms with van der Waals surface area (Å²) >= 11 is 12.2. The van der Waals surface area contributed by atoms with Crippen LogP contribution in [0, 0.1) is 0 Å². The van der Waals surface area contributed by atoms with E-state index in [2.05, 4.69) is 25.7 Å². The number of rotatable bonds is 7. The molecule has 4 rings (SSSR count). The van der Waals surface area contributed by atoms with E-state index in [1.54, 1.807) is 48.7 Å². The molecule has 1 amide bonds. The highest BCUT2D eigenvalue weighted by molar-refractivity contribution is 6.33. The van der Waals surface area contributed by atoms with Crippen LogP contribution in [0.5, 0.6) is 5.75 Å². The Kier molecular flexibility index (Phi) is 7.00. The largest absolute Gasteiger partial charge is 0.495 e. The number of hydrogen-bond acceptors (Lipinski definition) is 6. The van der Waals surface area contributed by atoms with E-state index in [1.165, 1.54) is 13.3 Å². The minimum atomic E-state index is -0.278. The molecule has 0 bridgehead atoms. The molecule has 2 N–H and O–H groups in total. The molecule has 0 unspecified atom stereocenters. The maximum atomic E-state index is 12.7. The monoisotopic (exact) mass is 496 g/mol. The van der Waals surface area contributed by atoms with E-state index in [0.717, 1.165) is 5.56 Å². The fourth-order valence-electron chi connectivity index (χ4n) is 3.17. The van der Waals surface area contributed by atoms with Crippen LogP contribution >= 0.6 is 23.2 Å². The summed E-state index contributed by atoms with van der Waals surface area (Å²) in [5.74, 6) is 0.504. The van der Waals surface area contributed by atoms with Gasteiger partial charge in [0.25, 0.3) is 5.91 Å². The summed E-state index contributed by atoms with van der Waals surface area (Å²) in [6.07, 6.45) is 5.13. The summed E-state index contributed by atoms with van der Waals surface area (Å²) in [5, 5.41) is 11.3. The van der Waals surface area contributed by atoms with E-state index >= 15 is 0 Å². The summed E-state index contributed by atoms with van der Waals surface area (Å²) < 4.78 is 7.32. The van der Waals surface area contributed by atoms with Crippen molar-refractivity contribution in [1.29, 1.82) is 0 Å². The first-order valence-electron chi connectivity index (χ1n) is 10.4. The lowest BCUT2D eigenvalue weighted by molar-refractivity contribution is 0.102. The zero-order valence-corrected chi connectivity index (χ0v) is 20.2. The molecule has 2 heterocycles. The minimum absolute atomic E-state index is 0.214. The zero-order chi connectivity index (χ0) is 24.2. The van der Waals surface area contributed by atoms with Gasteiger partial charge in [-0.15, -0.1) is 0 Å². The van der Waals surface area contributed by atoms with Crippen molar-refractivity contribution in [2.24, 2.45) is 0 Å². The van der Waals surface area contributed by atoms with Crippen LogP contribution in [0.25, 0.3) is 11.3 Å². The zero-order valence-electron chi connectivity index (χ0n) is 18.7. The molecule has 0 fully saturated rings. The molecule has 174 valence electrons. The average Bonchev–Trinajstić information content (AvgIpc) is 3.32. The molecule has 2 aromatic heterocycles. The third-order valence-corrected chi connectivity index (χ3v) is 5.49. The van der Waals surface area contributed by atoms with Crippen LogP contribution in [-0.2, 0) is 0 Å². The molecule has 0 spiro atoms. The van der Waals surface area contributed by atoms with Gasteiger partial charge in [-0.1, -0.05) is 23.2 Å². The van der Waals surface area contributed by atoms with E-state index in [9.17, 15) is 4.79 Å². The first-order chi connectivity index (χ1) is 16.3. The number of nitrogens with one attached hydrogen (secondary N) is 2. The van der Waals surface area contributed by atoms with Crippen LogP contribution in [0.2, 0.25) is 10.0 Å². The topological polar surface area (TPSA) is 94.0 Å². The number of benzene rings is 2. The van der Waals surface area contributed by atoms with E-state index in [4.69, 9.17) is 27.9 Å². The number of carbonyl (C=O) groups excluding carboxylic acids is 1. The van der Waals surface area contributed by atoms with Crippen LogP contribution in [0.1, 0.15) is 30.2 Å². The lowest BCUT2D eigenvalue weighted by Crippen LogP contribution is -2.12. The Balaban J connectivity index is 1.55. The summed E-state index contributed by atoms with van der Waals surface area (Å²) in [4.78, 5) is 21.5. The Morgan fingerprint density at radius 1 is 1.09 bits per heavy atom. The van der Waals surface area contributed by atoms with Gasteiger partial charge >= 0.3 is 0 Å². The first-order valence-corrected chi connectivity index (χ1v) is 11.2. The predicted octanol–water partition coefficient (Wildman–Crippen LogP) is 6.23. The molecule has 0 aliphatic heterocycles. The van der Waals surface area contributed by atoms with Gasteiger partial charge in [-0.3, -0.25) is 9.48 Å². The number of nitrogens with zero attached hydrogens (tertiary/aromatic N) is 4. The van der Waals surface area contributed by atoms with Crippen molar-refractivity contribution in [2.75, 3.05) is 17.7 Å². The molecule has 10 heteroatoms. The molecule has 0 radical (unpaired) electrons. The number of ether oxygens (including phenoxy) is 1. The molecule has 8 nitrogen and oxygen atoms in total. The molecular formula is C24H22Cl2N6O2. The van der Waals surface area contributed by atoms with E-state index in [-0.39, 0.29) is 11.9 Å². The van der Waals surface area contributed by atoms with Crippen LogP contribution in [0.3, 0.4) is 0 Å². The van der Waals surface area contributed by atoms with Gasteiger partial charge in [0.1, 0.15) is 5.75 Å². The van der Waals surface area contributed by atoms with Crippen LogP contribution < -0.4 is 15.4 Å². The van der Waals surface area contributed by atoms with Gasteiger partial charge in [-0.25, -0.2) is 9.97 Å². The number of hydrogen-bond donors (Lipinski definition) is 2. The average molecular weight is 497 g/mol. The predicted molar refractivity (Wildman–Crippen MR) is 134 cm³/mol. The van der Waals surface area contributed by atoms with Crippen LogP contribution in [-0.4, -0.2) is 32.8 Å². The molecular weight excluding hydrogens is 475 g/mol. The molecule has 0 aliphatic carbocycles. The van der Waals surface area contributed by atoms with Crippen molar-refractivity contribution < 1.29 is 9.53 Å². The maximum absolute atomic E-state index is 12.7. The van der Waals surface area contributed by atoms with E-state index < -0.39 is 0 Å². The third-order valence-electron chi connectivity index (χ3n) is 4.96. The Morgan fingerprint density at radius 3 is 2.53 bits per heavy atom. The van der Waals surface area contributed by atoms with Crippen molar-refractivity contribution in [2.45, 2.75) is 19.9 Å². The fraction of sp³-hybridized carbons (Fsp3) is 0.167. The van der Waals surface area contributed by atoms with Gasteiger partial charge in [0.2, 0.25) is 5.95 Å². The smallest absolute Gasteiger partial charge is 0.255 e. The van der Waals surface area contributed by atoms with Gasteiger partial charge in [-0.2, -0.15) is 5.10 Å². The molecule has 2 aromatic carbocycles. The molecule has 0 saturated carbocycles. The number of carbonyl (C=O) groups is 1. The van der Waals surface area contributed by atoms with Crippen molar-refractivity contribution in [3.63, 3.8) is 0 Å². The summed E-state index contributed by atoms with van der Waals surface area (Å²) in [6.45, 7) is 4.08. The molecule has 0 atom stereocenters. The highest BCUT2D eigenvalue weighted by Gasteiger charge is 2.15. The van der Waals surface area contributed by atoms with Crippen molar-refractivity contribution in [1.82, 2.24) is 19.7 Å². The summed E-state index contributed by atoms with van der Waals surface area (Å²) in [5.41, 5.74) is 3.00. The molecule has 0 saturated heterocycles. The lowest BCUT2D eigenvalue weighted by atomic mass is 10.1. The van der Waals surface area contributed by atoms with Gasteiger partial charge in [0, 0.05) is 34.1 Å². The highest BCUT2D eigenvalue weighted by Crippen LogP contribution is 2.31. The standard InChI is InChI=1S/C24H22Cl2N6O2/c1-14(2)32-13-16(11-28-32)22-19(26)12-27-24(31-22)30-20-9-4-15(10-21(20)34-3)23(33)29-18-7-5-17(25)6-8-18/h4-14H,1-3H3,(H,29,33)(H,27,30,31). The minimum Gasteiger partial charge on any atom is -0.495 e. The van der Waals surface area contributed by atoms with Gasteiger partial charge in [0.15, 0.2) is 0 Å². The van der Waals surface area contributed by atoms with Gasteiger partial charge in [-0.05, 0) is 56.3 Å². The molecule has 34 heavy (non-hydrogen) atoms. The Bertz CT molecular complexity index is 1320. The molecule has 0 aliphatic rings. The second kappa shape index (κ2) is 10.1. The Morgan fingerprint density at radius 2 is 1.85 bits per heavy atom. The number of halogens is 2. The number of amides is 1. The van der Waals surface area contributed by atoms with Crippen molar-refractivity contribution in [3.8, 4) is 17.0 Å². The Hall–Kier alpha value is -3.62. The van der Waals surface area contributed by atoms with Crippen molar-refractivity contribution >= 4 is 46.4 Å². The normalized spacial score (nSPS) is 10.9. The van der Waals surface area contributed by atoms with E-state index in [0.29, 0.717) is 44.4 Å². The summed E-state index contributed by atoms with van der Waals surface area (Å²) in [7, 11) is 1.52. The van der Waals surface area contributed by atoms with Crippen LogP contribution in [0.15, 0.2) is 61.1 Å². The molecule has 4 aromatic rings. The van der Waals surface area contributed by atoms with Gasteiger partial charge < -0.3 is 15.4 Å². The first kappa shape index (κ1) is 23.5. The highest BCUT2D eigenvalue weighted by atomic mass is 35.5. The van der Waals surface area contributed by atoms with Crippen molar-refractivity contribution in [3.05, 3.63) is 76.7 Å². The lowest BCUT2D eigenvalue weighted by Gasteiger charge is -2.13. The van der Waals surface area contributed by atoms with Gasteiger partial charge in [0.05, 0.1) is 35.9 Å². The summed E-state index contributed by atoms with van der Waals surface area (Å²) in [6, 6.07) is 12.1. The number of aromatic nitrogens is 4. The van der Waals surface area contributed by atoms with E-state index in [1.807, 2.05) is 24.7 Å². The Labute approximate surface area is 206 Å². The van der Waals surface area contributed by atoms with Crippen LogP contribution in [0.4, 0.5) is 17.3 Å². The fourth-order valence-corrected chi connectivity index (χ4v) is 3.49. The second-order valence-corrected chi connectivity index (χ2v) is 8.54. The quantitative estimate of drug-likeness (QED) is 0.314. The second-order valence-electron chi connectivity index (χ2n) is 7.69.